The molecular formula is C15H18N2S. The molecule has 0 unspecified atom stereocenters. The molecule has 0 amide bonds. The number of nitrogens with zero attached hydrogens (tertiary/aromatic N) is 2. The summed E-state index contributed by atoms with van der Waals surface area (Å²) in [6.07, 6.45) is 1.80. The van der Waals surface area contributed by atoms with Gasteiger partial charge in [-0.3, -0.25) is 0 Å². The van der Waals surface area contributed by atoms with Gasteiger partial charge in [0.2, 0.25) is 0 Å². The van der Waals surface area contributed by atoms with Crippen LogP contribution >= 0.6 is 12.6 Å². The summed E-state index contributed by atoms with van der Waals surface area (Å²) in [6.45, 7) is 6.52. The van der Waals surface area contributed by atoms with Crippen molar-refractivity contribution in [3.05, 3.63) is 47.4 Å². The van der Waals surface area contributed by atoms with Crippen LogP contribution in [-0.2, 0) is 5.75 Å². The molecule has 0 aliphatic carbocycles. The van der Waals surface area contributed by atoms with Crippen LogP contribution in [0.25, 0.3) is 11.3 Å². The van der Waals surface area contributed by atoms with Crippen molar-refractivity contribution in [2.24, 2.45) is 0 Å². The molecule has 0 N–H and O–H groups in total. The van der Waals surface area contributed by atoms with E-state index in [1.807, 2.05) is 6.07 Å². The fourth-order valence-electron chi connectivity index (χ4n) is 1.90. The molecule has 0 aliphatic rings. The van der Waals surface area contributed by atoms with E-state index in [0.29, 0.717) is 11.7 Å². The van der Waals surface area contributed by atoms with E-state index in [0.717, 1.165) is 11.5 Å². The highest BCUT2D eigenvalue weighted by molar-refractivity contribution is 7.79. The largest absolute Gasteiger partial charge is 0.240 e. The average Bonchev–Trinajstić information content (AvgIpc) is 2.39. The molecule has 0 saturated heterocycles. The predicted molar refractivity (Wildman–Crippen MR) is 79.0 cm³/mol. The highest BCUT2D eigenvalue weighted by Gasteiger charge is 2.07. The molecule has 2 aromatic rings. The van der Waals surface area contributed by atoms with Crippen molar-refractivity contribution in [3.8, 4) is 11.3 Å². The minimum atomic E-state index is 0.524. The van der Waals surface area contributed by atoms with E-state index in [1.54, 1.807) is 6.20 Å². The molecule has 0 spiro atoms. The molecule has 2 nitrogen and oxygen atoms in total. The summed E-state index contributed by atoms with van der Waals surface area (Å²) in [4.78, 5) is 8.72. The van der Waals surface area contributed by atoms with Gasteiger partial charge in [-0.15, -0.1) is 0 Å². The van der Waals surface area contributed by atoms with Crippen LogP contribution in [0.5, 0.6) is 0 Å². The quantitative estimate of drug-likeness (QED) is 0.842. The normalized spacial score (nSPS) is 10.9. The summed E-state index contributed by atoms with van der Waals surface area (Å²) >= 11 is 4.22. The van der Waals surface area contributed by atoms with Gasteiger partial charge in [-0.2, -0.15) is 12.6 Å². The third-order valence-electron chi connectivity index (χ3n) is 3.05. The third kappa shape index (κ3) is 2.72. The van der Waals surface area contributed by atoms with Gasteiger partial charge in [0.25, 0.3) is 0 Å². The van der Waals surface area contributed by atoms with Crippen LogP contribution < -0.4 is 0 Å². The Morgan fingerprint density at radius 3 is 2.67 bits per heavy atom. The van der Waals surface area contributed by atoms with Crippen molar-refractivity contribution in [1.29, 1.82) is 0 Å². The zero-order valence-electron chi connectivity index (χ0n) is 11.0. The summed E-state index contributed by atoms with van der Waals surface area (Å²) in [5.74, 6) is 1.86. The number of thiol groups is 1. The highest BCUT2D eigenvalue weighted by Crippen LogP contribution is 2.26. The Kier molecular flexibility index (Phi) is 4.02. The van der Waals surface area contributed by atoms with Crippen LogP contribution in [0.4, 0.5) is 0 Å². The van der Waals surface area contributed by atoms with E-state index in [4.69, 9.17) is 0 Å². The monoisotopic (exact) mass is 258 g/mol. The molecule has 0 saturated carbocycles. The molecule has 0 bridgehead atoms. The molecule has 0 radical (unpaired) electrons. The maximum atomic E-state index is 4.54. The molecule has 1 aromatic heterocycles. The van der Waals surface area contributed by atoms with Gasteiger partial charge in [-0.1, -0.05) is 26.0 Å². The van der Waals surface area contributed by atoms with Crippen molar-refractivity contribution < 1.29 is 0 Å². The number of hydrogen-bond donors (Lipinski definition) is 1. The molecule has 0 aliphatic heterocycles. The molecule has 1 aromatic carbocycles. The summed E-state index contributed by atoms with van der Waals surface area (Å²) in [6, 6.07) is 8.53. The lowest BCUT2D eigenvalue weighted by Gasteiger charge is -2.11. The van der Waals surface area contributed by atoms with Crippen molar-refractivity contribution in [3.63, 3.8) is 0 Å². The van der Waals surface area contributed by atoms with E-state index >= 15 is 0 Å². The lowest BCUT2D eigenvalue weighted by molar-refractivity contribution is 0.866. The Morgan fingerprint density at radius 1 is 1.22 bits per heavy atom. The second-order valence-electron chi connectivity index (χ2n) is 4.75. The minimum Gasteiger partial charge on any atom is -0.240 e. The average molecular weight is 258 g/mol. The fraction of sp³-hybridized carbons (Fsp3) is 0.333. The first-order valence-corrected chi connectivity index (χ1v) is 6.78. The van der Waals surface area contributed by atoms with Crippen molar-refractivity contribution in [1.82, 2.24) is 9.97 Å². The fourth-order valence-corrected chi connectivity index (χ4v) is 2.05. The number of rotatable bonds is 3. The van der Waals surface area contributed by atoms with Crippen LogP contribution in [0.3, 0.4) is 0 Å². The van der Waals surface area contributed by atoms with Crippen LogP contribution in [-0.4, -0.2) is 9.97 Å². The standard InChI is InChI=1S/C15H18N2S/c1-10(2)12-5-4-11(3)13(8-12)14-6-7-16-15(9-18)17-14/h4-8,10,18H,9H2,1-3H3. The predicted octanol–water partition coefficient (Wildman–Crippen LogP) is 4.01. The lowest BCUT2D eigenvalue weighted by atomic mass is 9.96. The van der Waals surface area contributed by atoms with E-state index in [-0.39, 0.29) is 0 Å². The Morgan fingerprint density at radius 2 is 2.00 bits per heavy atom. The van der Waals surface area contributed by atoms with Crippen LogP contribution in [0.2, 0.25) is 0 Å². The maximum absolute atomic E-state index is 4.54. The molecular weight excluding hydrogens is 240 g/mol. The van der Waals surface area contributed by atoms with E-state index in [9.17, 15) is 0 Å². The van der Waals surface area contributed by atoms with Crippen molar-refractivity contribution in [2.45, 2.75) is 32.4 Å². The Hall–Kier alpha value is -1.35. The topological polar surface area (TPSA) is 25.8 Å². The zero-order chi connectivity index (χ0) is 13.1. The third-order valence-corrected chi connectivity index (χ3v) is 3.33. The molecule has 18 heavy (non-hydrogen) atoms. The molecule has 0 fully saturated rings. The number of benzene rings is 1. The zero-order valence-corrected chi connectivity index (χ0v) is 11.9. The van der Waals surface area contributed by atoms with Crippen LogP contribution in [0, 0.1) is 6.92 Å². The molecule has 3 heteroatoms. The van der Waals surface area contributed by atoms with Gasteiger partial charge in [0.05, 0.1) is 11.4 Å². The van der Waals surface area contributed by atoms with Crippen molar-refractivity contribution in [2.75, 3.05) is 0 Å². The van der Waals surface area contributed by atoms with Crippen LogP contribution in [0.1, 0.15) is 36.7 Å². The SMILES string of the molecule is Cc1ccc(C(C)C)cc1-c1ccnc(CS)n1. The Labute approximate surface area is 114 Å². The molecule has 2 rings (SSSR count). The first kappa shape index (κ1) is 13.1. The van der Waals surface area contributed by atoms with Gasteiger partial charge >= 0.3 is 0 Å². The van der Waals surface area contributed by atoms with Gasteiger partial charge in [-0.05, 0) is 36.1 Å². The van der Waals surface area contributed by atoms with Gasteiger partial charge in [0, 0.05) is 11.8 Å². The number of aryl methyl sites for hydroxylation is 1. The van der Waals surface area contributed by atoms with Gasteiger partial charge < -0.3 is 0 Å². The summed E-state index contributed by atoms with van der Waals surface area (Å²) in [7, 11) is 0. The first-order valence-electron chi connectivity index (χ1n) is 6.15. The Bertz CT molecular complexity index is 550. The second kappa shape index (κ2) is 5.53. The molecule has 0 atom stereocenters. The van der Waals surface area contributed by atoms with Crippen molar-refractivity contribution >= 4 is 12.6 Å². The Balaban J connectivity index is 2.51. The van der Waals surface area contributed by atoms with E-state index in [2.05, 4.69) is 61.6 Å². The second-order valence-corrected chi connectivity index (χ2v) is 5.06. The molecule has 1 heterocycles. The minimum absolute atomic E-state index is 0.524. The smallest absolute Gasteiger partial charge is 0.138 e. The van der Waals surface area contributed by atoms with Gasteiger partial charge in [-0.25, -0.2) is 9.97 Å². The van der Waals surface area contributed by atoms with E-state index < -0.39 is 0 Å². The lowest BCUT2D eigenvalue weighted by Crippen LogP contribution is -1.96. The number of hydrogen-bond acceptors (Lipinski definition) is 3. The van der Waals surface area contributed by atoms with Gasteiger partial charge in [0.1, 0.15) is 5.82 Å². The molecule has 94 valence electrons. The van der Waals surface area contributed by atoms with Crippen LogP contribution in [0.15, 0.2) is 30.5 Å². The number of aromatic nitrogens is 2. The van der Waals surface area contributed by atoms with Gasteiger partial charge in [0.15, 0.2) is 0 Å². The highest BCUT2D eigenvalue weighted by atomic mass is 32.1. The first-order chi connectivity index (χ1) is 8.61. The summed E-state index contributed by atoms with van der Waals surface area (Å²) < 4.78 is 0. The van der Waals surface area contributed by atoms with E-state index in [1.165, 1.54) is 16.7 Å². The summed E-state index contributed by atoms with van der Waals surface area (Å²) in [5.41, 5.74) is 4.74. The summed E-state index contributed by atoms with van der Waals surface area (Å²) in [5, 5.41) is 0. The maximum Gasteiger partial charge on any atom is 0.138 e.